The number of carboxylic acids is 1. The number of carbonyl (C=O) groups is 1. The highest BCUT2D eigenvalue weighted by atomic mass is 16.4. The number of aromatic nitrogens is 3. The zero-order chi connectivity index (χ0) is 13.2. The Labute approximate surface area is 110 Å². The molecule has 2 aromatic rings. The molecule has 1 heterocycles. The Hall–Kier alpha value is -2.17. The number of rotatable bonds is 4. The molecule has 19 heavy (non-hydrogen) atoms. The van der Waals surface area contributed by atoms with Crippen LogP contribution in [0.3, 0.4) is 0 Å². The van der Waals surface area contributed by atoms with Crippen LogP contribution in [0.1, 0.15) is 29.8 Å². The van der Waals surface area contributed by atoms with Gasteiger partial charge in [-0.25, -0.2) is 9.48 Å². The van der Waals surface area contributed by atoms with Crippen LogP contribution >= 0.6 is 0 Å². The summed E-state index contributed by atoms with van der Waals surface area (Å²) in [7, 11) is 0. The van der Waals surface area contributed by atoms with Gasteiger partial charge in [-0.05, 0) is 18.8 Å². The second kappa shape index (κ2) is 4.84. The molecule has 1 aliphatic rings. The van der Waals surface area contributed by atoms with E-state index in [1.54, 1.807) is 4.68 Å². The minimum Gasteiger partial charge on any atom is -0.476 e. The molecule has 1 aromatic heterocycles. The summed E-state index contributed by atoms with van der Waals surface area (Å²) in [5, 5.41) is 17.1. The summed E-state index contributed by atoms with van der Waals surface area (Å²) in [4.78, 5) is 11.3. The lowest BCUT2D eigenvalue weighted by Gasteiger charge is -2.25. The van der Waals surface area contributed by atoms with Gasteiger partial charge in [0, 0.05) is 12.1 Å². The van der Waals surface area contributed by atoms with E-state index in [9.17, 15) is 9.90 Å². The van der Waals surface area contributed by atoms with E-state index in [0.717, 1.165) is 12.1 Å². The molecule has 1 N–H and O–H groups in total. The predicted molar refractivity (Wildman–Crippen MR) is 69.8 cm³/mol. The lowest BCUT2D eigenvalue weighted by Crippen LogP contribution is -2.19. The molecule has 98 valence electrons. The molecule has 1 saturated carbocycles. The molecular formula is C14H15N3O2. The first kappa shape index (κ1) is 11.9. The molecule has 1 aromatic carbocycles. The van der Waals surface area contributed by atoms with E-state index in [2.05, 4.69) is 10.3 Å². The Bertz CT molecular complexity index is 588. The molecule has 0 aliphatic heterocycles. The van der Waals surface area contributed by atoms with E-state index in [4.69, 9.17) is 0 Å². The lowest BCUT2D eigenvalue weighted by molar-refractivity contribution is 0.0691. The largest absolute Gasteiger partial charge is 0.476 e. The fraction of sp³-hybridized carbons (Fsp3) is 0.357. The van der Waals surface area contributed by atoms with Gasteiger partial charge in [0.2, 0.25) is 0 Å². The van der Waals surface area contributed by atoms with Crippen molar-refractivity contribution in [2.75, 3.05) is 0 Å². The van der Waals surface area contributed by atoms with E-state index in [-0.39, 0.29) is 5.69 Å². The second-order valence-electron chi connectivity index (χ2n) is 4.94. The number of benzene rings is 1. The van der Waals surface area contributed by atoms with Crippen molar-refractivity contribution in [3.63, 3.8) is 0 Å². The zero-order valence-corrected chi connectivity index (χ0v) is 10.5. The van der Waals surface area contributed by atoms with E-state index >= 15 is 0 Å². The van der Waals surface area contributed by atoms with Crippen LogP contribution in [0.25, 0.3) is 11.3 Å². The third-order valence-electron chi connectivity index (χ3n) is 3.64. The van der Waals surface area contributed by atoms with Crippen molar-refractivity contribution in [1.29, 1.82) is 0 Å². The van der Waals surface area contributed by atoms with Crippen LogP contribution in [-0.4, -0.2) is 26.1 Å². The molecule has 0 unspecified atom stereocenters. The fourth-order valence-electron chi connectivity index (χ4n) is 2.39. The first-order valence-corrected chi connectivity index (χ1v) is 6.48. The van der Waals surface area contributed by atoms with Gasteiger partial charge in [-0.3, -0.25) is 0 Å². The van der Waals surface area contributed by atoms with Crippen molar-refractivity contribution in [3.05, 3.63) is 36.0 Å². The van der Waals surface area contributed by atoms with E-state index in [1.165, 1.54) is 19.3 Å². The Balaban J connectivity index is 2.02. The molecular weight excluding hydrogens is 242 g/mol. The van der Waals surface area contributed by atoms with Crippen molar-refractivity contribution < 1.29 is 9.90 Å². The molecule has 0 radical (unpaired) electrons. The zero-order valence-electron chi connectivity index (χ0n) is 10.5. The van der Waals surface area contributed by atoms with Gasteiger partial charge in [-0.15, -0.1) is 5.10 Å². The summed E-state index contributed by atoms with van der Waals surface area (Å²) in [6.07, 6.45) is 3.64. The topological polar surface area (TPSA) is 68.0 Å². The summed E-state index contributed by atoms with van der Waals surface area (Å²) in [5.41, 5.74) is 1.50. The molecule has 0 saturated heterocycles. The molecule has 1 aliphatic carbocycles. The summed E-state index contributed by atoms with van der Waals surface area (Å²) in [6, 6.07) is 9.47. The van der Waals surface area contributed by atoms with Gasteiger partial charge >= 0.3 is 5.97 Å². The van der Waals surface area contributed by atoms with Crippen LogP contribution in [0.4, 0.5) is 0 Å². The maximum absolute atomic E-state index is 11.3. The summed E-state index contributed by atoms with van der Waals surface area (Å²) < 4.78 is 1.74. The van der Waals surface area contributed by atoms with Gasteiger partial charge in [-0.1, -0.05) is 42.0 Å². The smallest absolute Gasteiger partial charge is 0.358 e. The van der Waals surface area contributed by atoms with Crippen LogP contribution < -0.4 is 0 Å². The molecule has 3 rings (SSSR count). The summed E-state index contributed by atoms with van der Waals surface area (Å²) >= 11 is 0. The fourth-order valence-corrected chi connectivity index (χ4v) is 2.39. The highest BCUT2D eigenvalue weighted by molar-refractivity contribution is 5.92. The van der Waals surface area contributed by atoms with Crippen LogP contribution in [0.2, 0.25) is 0 Å². The van der Waals surface area contributed by atoms with E-state index in [1.807, 2.05) is 30.3 Å². The summed E-state index contributed by atoms with van der Waals surface area (Å²) in [5.74, 6) is -0.426. The molecule has 5 nitrogen and oxygen atoms in total. The average molecular weight is 257 g/mol. The number of hydrogen-bond donors (Lipinski definition) is 1. The van der Waals surface area contributed by atoms with Gasteiger partial charge in [0.1, 0.15) is 5.69 Å². The number of hydrogen-bond acceptors (Lipinski definition) is 3. The molecule has 0 bridgehead atoms. The molecule has 0 spiro atoms. The maximum atomic E-state index is 11.3. The number of carboxylic acid groups (broad SMARTS) is 1. The highest BCUT2D eigenvalue weighted by Crippen LogP contribution is 2.30. The van der Waals surface area contributed by atoms with E-state index in [0.29, 0.717) is 11.6 Å². The van der Waals surface area contributed by atoms with Crippen molar-refractivity contribution >= 4 is 5.97 Å². The highest BCUT2D eigenvalue weighted by Gasteiger charge is 2.24. The summed E-state index contributed by atoms with van der Waals surface area (Å²) in [6.45, 7) is 0.754. The van der Waals surface area contributed by atoms with Crippen LogP contribution in [0, 0.1) is 5.92 Å². The van der Waals surface area contributed by atoms with Gasteiger partial charge in [0.05, 0.1) is 0 Å². The van der Waals surface area contributed by atoms with E-state index < -0.39 is 5.97 Å². The van der Waals surface area contributed by atoms with Crippen LogP contribution in [0.5, 0.6) is 0 Å². The molecule has 1 fully saturated rings. The Morgan fingerprint density at radius 1 is 1.32 bits per heavy atom. The Morgan fingerprint density at radius 3 is 2.63 bits per heavy atom. The first-order valence-electron chi connectivity index (χ1n) is 6.48. The van der Waals surface area contributed by atoms with Gasteiger partial charge < -0.3 is 5.11 Å². The van der Waals surface area contributed by atoms with Crippen LogP contribution in [-0.2, 0) is 6.54 Å². The molecule has 0 atom stereocenters. The molecule has 0 amide bonds. The van der Waals surface area contributed by atoms with Gasteiger partial charge in [-0.2, -0.15) is 0 Å². The minimum absolute atomic E-state index is 0.0329. The van der Waals surface area contributed by atoms with Crippen molar-refractivity contribution in [3.8, 4) is 11.3 Å². The van der Waals surface area contributed by atoms with Crippen molar-refractivity contribution in [2.24, 2.45) is 5.92 Å². The third kappa shape index (κ3) is 2.23. The number of nitrogens with zero attached hydrogens (tertiary/aromatic N) is 3. The minimum atomic E-state index is -1.03. The first-order chi connectivity index (χ1) is 9.25. The Kier molecular flexibility index (Phi) is 3.03. The quantitative estimate of drug-likeness (QED) is 0.913. The SMILES string of the molecule is O=C(O)c1nnn(CC2CCC2)c1-c1ccccc1. The van der Waals surface area contributed by atoms with Crippen molar-refractivity contribution in [1.82, 2.24) is 15.0 Å². The van der Waals surface area contributed by atoms with Gasteiger partial charge in [0.15, 0.2) is 5.69 Å². The van der Waals surface area contributed by atoms with Gasteiger partial charge in [0.25, 0.3) is 0 Å². The standard InChI is InChI=1S/C14H15N3O2/c18-14(19)12-13(11-7-2-1-3-8-11)17(16-15-12)9-10-5-4-6-10/h1-3,7-8,10H,4-6,9H2,(H,18,19). The lowest BCUT2D eigenvalue weighted by atomic mass is 9.85. The monoisotopic (exact) mass is 257 g/mol. The van der Waals surface area contributed by atoms with Crippen LogP contribution in [0.15, 0.2) is 30.3 Å². The normalized spacial score (nSPS) is 15.2. The van der Waals surface area contributed by atoms with Crippen molar-refractivity contribution in [2.45, 2.75) is 25.8 Å². The Morgan fingerprint density at radius 2 is 2.05 bits per heavy atom. The number of aromatic carboxylic acids is 1. The second-order valence-corrected chi connectivity index (χ2v) is 4.94. The maximum Gasteiger partial charge on any atom is 0.358 e. The predicted octanol–water partition coefficient (Wildman–Crippen LogP) is 2.44. The third-order valence-corrected chi connectivity index (χ3v) is 3.64. The molecule has 5 heteroatoms. The average Bonchev–Trinajstić information content (AvgIpc) is 2.78.